The predicted octanol–water partition coefficient (Wildman–Crippen LogP) is 3.89. The Labute approximate surface area is 109 Å². The minimum absolute atomic E-state index is 0.431. The molecule has 0 saturated carbocycles. The summed E-state index contributed by atoms with van der Waals surface area (Å²) >= 11 is 7.59. The molecule has 0 bridgehead atoms. The molecule has 1 heterocycles. The summed E-state index contributed by atoms with van der Waals surface area (Å²) in [6, 6.07) is 9.20. The van der Waals surface area contributed by atoms with E-state index in [0.29, 0.717) is 22.9 Å². The Hall–Kier alpha value is -1.50. The maximum absolute atomic E-state index is 8.74. The van der Waals surface area contributed by atoms with Crippen molar-refractivity contribution in [3.8, 4) is 11.8 Å². The van der Waals surface area contributed by atoms with E-state index in [0.717, 1.165) is 6.42 Å². The van der Waals surface area contributed by atoms with Gasteiger partial charge < -0.3 is 4.74 Å². The first-order valence-corrected chi connectivity index (χ1v) is 6.45. The Kier molecular flexibility index (Phi) is 4.03. The lowest BCUT2D eigenvalue weighted by Gasteiger charge is -2.06. The standard InChI is InChI=1S/C13H10ClNOS/c14-13-7-12(2-1-11(13)8-15)16-5-3-10-4-6-17-9-10/h1-2,4,6-7,9H,3,5H2. The molecule has 0 aliphatic carbocycles. The van der Waals surface area contributed by atoms with Gasteiger partial charge in [-0.25, -0.2) is 0 Å². The van der Waals surface area contributed by atoms with Crippen LogP contribution in [-0.4, -0.2) is 6.61 Å². The summed E-state index contributed by atoms with van der Waals surface area (Å²) in [5.74, 6) is 0.698. The van der Waals surface area contributed by atoms with Crippen LogP contribution in [0.25, 0.3) is 0 Å². The van der Waals surface area contributed by atoms with Gasteiger partial charge in [-0.05, 0) is 34.5 Å². The van der Waals surface area contributed by atoms with Crippen molar-refractivity contribution < 1.29 is 4.74 Å². The molecule has 1 aromatic carbocycles. The molecule has 0 fully saturated rings. The average molecular weight is 264 g/mol. The van der Waals surface area contributed by atoms with E-state index in [-0.39, 0.29) is 0 Å². The van der Waals surface area contributed by atoms with Gasteiger partial charge in [-0.1, -0.05) is 11.6 Å². The molecule has 0 atom stereocenters. The van der Waals surface area contributed by atoms with E-state index in [4.69, 9.17) is 21.6 Å². The third-order valence-corrected chi connectivity index (χ3v) is 3.35. The molecule has 0 aliphatic rings. The SMILES string of the molecule is N#Cc1ccc(OCCc2ccsc2)cc1Cl. The van der Waals surface area contributed by atoms with Crippen LogP contribution in [0.4, 0.5) is 0 Å². The van der Waals surface area contributed by atoms with Gasteiger partial charge in [0.25, 0.3) is 0 Å². The lowest BCUT2D eigenvalue weighted by Crippen LogP contribution is -2.00. The van der Waals surface area contributed by atoms with E-state index in [1.165, 1.54) is 5.56 Å². The van der Waals surface area contributed by atoms with Gasteiger partial charge >= 0.3 is 0 Å². The van der Waals surface area contributed by atoms with Crippen LogP contribution in [0.1, 0.15) is 11.1 Å². The van der Waals surface area contributed by atoms with Crippen LogP contribution in [0.3, 0.4) is 0 Å². The van der Waals surface area contributed by atoms with Crippen LogP contribution in [-0.2, 0) is 6.42 Å². The summed E-state index contributed by atoms with van der Waals surface area (Å²) < 4.78 is 5.57. The van der Waals surface area contributed by atoms with Gasteiger partial charge in [0.05, 0.1) is 17.2 Å². The monoisotopic (exact) mass is 263 g/mol. The van der Waals surface area contributed by atoms with E-state index >= 15 is 0 Å². The summed E-state index contributed by atoms with van der Waals surface area (Å²) in [5.41, 5.74) is 1.74. The van der Waals surface area contributed by atoms with Crippen molar-refractivity contribution in [1.82, 2.24) is 0 Å². The summed E-state index contributed by atoms with van der Waals surface area (Å²) in [6.45, 7) is 0.610. The fraction of sp³-hybridized carbons (Fsp3) is 0.154. The highest BCUT2D eigenvalue weighted by atomic mass is 35.5. The van der Waals surface area contributed by atoms with E-state index in [1.807, 2.05) is 11.4 Å². The molecule has 2 nitrogen and oxygen atoms in total. The minimum atomic E-state index is 0.431. The van der Waals surface area contributed by atoms with Crippen molar-refractivity contribution in [2.24, 2.45) is 0 Å². The highest BCUT2D eigenvalue weighted by molar-refractivity contribution is 7.07. The zero-order valence-corrected chi connectivity index (χ0v) is 10.6. The molecule has 2 aromatic rings. The molecule has 0 amide bonds. The van der Waals surface area contributed by atoms with Crippen LogP contribution in [0.5, 0.6) is 5.75 Å². The smallest absolute Gasteiger partial charge is 0.120 e. The number of hydrogen-bond donors (Lipinski definition) is 0. The second-order valence-electron chi connectivity index (χ2n) is 3.48. The summed E-state index contributed by atoms with van der Waals surface area (Å²) in [7, 11) is 0. The fourth-order valence-electron chi connectivity index (χ4n) is 1.40. The molecule has 0 N–H and O–H groups in total. The number of thiophene rings is 1. The number of halogens is 1. The van der Waals surface area contributed by atoms with Gasteiger partial charge in [0.2, 0.25) is 0 Å². The maximum Gasteiger partial charge on any atom is 0.120 e. The molecule has 0 spiro atoms. The van der Waals surface area contributed by atoms with Crippen LogP contribution in [0, 0.1) is 11.3 Å². The highest BCUT2D eigenvalue weighted by Gasteiger charge is 2.02. The maximum atomic E-state index is 8.74. The van der Waals surface area contributed by atoms with Gasteiger partial charge in [-0.3, -0.25) is 0 Å². The molecule has 0 unspecified atom stereocenters. The molecule has 0 radical (unpaired) electrons. The lowest BCUT2D eigenvalue weighted by molar-refractivity contribution is 0.322. The van der Waals surface area contributed by atoms with E-state index in [1.54, 1.807) is 29.5 Å². The van der Waals surface area contributed by atoms with Crippen LogP contribution in [0.15, 0.2) is 35.0 Å². The highest BCUT2D eigenvalue weighted by Crippen LogP contribution is 2.22. The van der Waals surface area contributed by atoms with Gasteiger partial charge in [0.15, 0.2) is 0 Å². The molecular weight excluding hydrogens is 254 g/mol. The quantitative estimate of drug-likeness (QED) is 0.838. The Bertz CT molecular complexity index is 531. The Balaban J connectivity index is 1.91. The molecule has 0 aliphatic heterocycles. The zero-order valence-electron chi connectivity index (χ0n) is 9.02. The fourth-order valence-corrected chi connectivity index (χ4v) is 2.31. The van der Waals surface area contributed by atoms with E-state index in [9.17, 15) is 0 Å². The number of ether oxygens (including phenoxy) is 1. The Morgan fingerprint density at radius 2 is 2.24 bits per heavy atom. The number of hydrogen-bond acceptors (Lipinski definition) is 3. The van der Waals surface area contributed by atoms with Gasteiger partial charge in [0.1, 0.15) is 11.8 Å². The van der Waals surface area contributed by atoms with Crippen LogP contribution in [0.2, 0.25) is 5.02 Å². The van der Waals surface area contributed by atoms with Crippen LogP contribution >= 0.6 is 22.9 Å². The van der Waals surface area contributed by atoms with Crippen molar-refractivity contribution in [2.45, 2.75) is 6.42 Å². The van der Waals surface area contributed by atoms with Crippen molar-refractivity contribution in [2.75, 3.05) is 6.61 Å². The van der Waals surface area contributed by atoms with Gasteiger partial charge in [-0.2, -0.15) is 16.6 Å². The molecule has 86 valence electrons. The summed E-state index contributed by atoms with van der Waals surface area (Å²) in [4.78, 5) is 0. The largest absolute Gasteiger partial charge is 0.493 e. The van der Waals surface area contributed by atoms with Crippen molar-refractivity contribution >= 4 is 22.9 Å². The van der Waals surface area contributed by atoms with Crippen molar-refractivity contribution in [1.29, 1.82) is 5.26 Å². The summed E-state index contributed by atoms with van der Waals surface area (Å²) in [6.07, 6.45) is 0.876. The molecular formula is C13H10ClNOS. The molecule has 1 aromatic heterocycles. The third-order valence-electron chi connectivity index (χ3n) is 2.30. The third kappa shape index (κ3) is 3.23. The van der Waals surface area contributed by atoms with Gasteiger partial charge in [0, 0.05) is 12.5 Å². The summed E-state index contributed by atoms with van der Waals surface area (Å²) in [5, 5.41) is 13.3. The first-order chi connectivity index (χ1) is 8.29. The number of nitriles is 1. The van der Waals surface area contributed by atoms with Crippen molar-refractivity contribution in [3.63, 3.8) is 0 Å². The van der Waals surface area contributed by atoms with E-state index in [2.05, 4.69) is 11.4 Å². The first-order valence-electron chi connectivity index (χ1n) is 5.13. The Morgan fingerprint density at radius 1 is 1.35 bits per heavy atom. The normalized spacial score (nSPS) is 9.88. The predicted molar refractivity (Wildman–Crippen MR) is 69.7 cm³/mol. The first kappa shape index (κ1) is 12.0. The molecule has 17 heavy (non-hydrogen) atoms. The number of benzene rings is 1. The topological polar surface area (TPSA) is 33.0 Å². The van der Waals surface area contributed by atoms with E-state index < -0.39 is 0 Å². The molecule has 0 saturated heterocycles. The van der Waals surface area contributed by atoms with Crippen LogP contribution < -0.4 is 4.74 Å². The second kappa shape index (κ2) is 5.72. The number of nitrogens with zero attached hydrogens (tertiary/aromatic N) is 1. The second-order valence-corrected chi connectivity index (χ2v) is 4.67. The number of rotatable bonds is 4. The zero-order chi connectivity index (χ0) is 12.1. The average Bonchev–Trinajstić information content (AvgIpc) is 2.82. The molecule has 2 rings (SSSR count). The lowest BCUT2D eigenvalue weighted by atomic mass is 10.2. The van der Waals surface area contributed by atoms with Gasteiger partial charge in [-0.15, -0.1) is 0 Å². The molecule has 4 heteroatoms. The minimum Gasteiger partial charge on any atom is -0.493 e. The van der Waals surface area contributed by atoms with Crippen molar-refractivity contribution in [3.05, 3.63) is 51.2 Å². The Morgan fingerprint density at radius 3 is 2.88 bits per heavy atom.